The fraction of sp³-hybridized carbons (Fsp3) is 0.632. The van der Waals surface area contributed by atoms with Gasteiger partial charge in [-0.2, -0.15) is 0 Å². The number of carbonyl (C=O) groups is 1. The second kappa shape index (κ2) is 6.04. The molecule has 0 spiro atoms. The maximum absolute atomic E-state index is 13.3. The van der Waals surface area contributed by atoms with Gasteiger partial charge in [0.25, 0.3) is 5.91 Å². The van der Waals surface area contributed by atoms with Gasteiger partial charge < -0.3 is 9.38 Å². The zero-order valence-electron chi connectivity index (χ0n) is 14.3. The van der Waals surface area contributed by atoms with Gasteiger partial charge in [-0.05, 0) is 38.3 Å². The zero-order valence-corrected chi connectivity index (χ0v) is 14.3. The molecule has 22 heavy (non-hydrogen) atoms. The predicted octanol–water partition coefficient (Wildman–Crippen LogP) is 3.43. The van der Waals surface area contributed by atoms with Crippen LogP contribution in [0.1, 0.15) is 43.7 Å². The molecule has 1 aromatic carbocycles. The fourth-order valence-corrected chi connectivity index (χ4v) is 4.63. The summed E-state index contributed by atoms with van der Waals surface area (Å²) >= 11 is 0. The summed E-state index contributed by atoms with van der Waals surface area (Å²) in [7, 11) is 0. The molecule has 0 aliphatic carbocycles. The van der Waals surface area contributed by atoms with E-state index >= 15 is 0 Å². The van der Waals surface area contributed by atoms with Crippen LogP contribution in [-0.2, 0) is 4.79 Å². The van der Waals surface area contributed by atoms with Crippen LogP contribution in [0.5, 0.6) is 0 Å². The van der Waals surface area contributed by atoms with Crippen LogP contribution in [0.25, 0.3) is 0 Å². The number of aryl methyl sites for hydroxylation is 2. The van der Waals surface area contributed by atoms with Crippen LogP contribution in [0.2, 0.25) is 0 Å². The van der Waals surface area contributed by atoms with E-state index in [2.05, 4.69) is 43.9 Å². The van der Waals surface area contributed by atoms with Crippen molar-refractivity contribution in [2.24, 2.45) is 0 Å². The highest BCUT2D eigenvalue weighted by atomic mass is 16.2. The Kier molecular flexibility index (Phi) is 4.26. The molecule has 1 aromatic rings. The second-order valence-electron chi connectivity index (χ2n) is 7.08. The Morgan fingerprint density at radius 3 is 2.36 bits per heavy atom. The van der Waals surface area contributed by atoms with E-state index in [1.165, 1.54) is 37.1 Å². The lowest BCUT2D eigenvalue weighted by atomic mass is 9.97. The Bertz CT molecular complexity index is 540. The van der Waals surface area contributed by atoms with Gasteiger partial charge >= 0.3 is 0 Å². The van der Waals surface area contributed by atoms with Crippen LogP contribution in [0.4, 0.5) is 5.69 Å². The standard InChI is InChI=1S/C19H29N2O/c1-4-21(13-5-6-14-21)17-11-8-12-20(19(17)22)18-15(2)9-7-10-16(18)3/h7,9-10,17H,4-6,8,11-14H2,1-3H3/q+1. The Hall–Kier alpha value is -1.35. The number of likely N-dealkylation sites (N-methyl/N-ethyl adjacent to an activating group) is 1. The third-order valence-electron chi connectivity index (χ3n) is 5.87. The van der Waals surface area contributed by atoms with Gasteiger partial charge in [0.1, 0.15) is 0 Å². The van der Waals surface area contributed by atoms with Crippen LogP contribution in [-0.4, -0.2) is 42.6 Å². The lowest BCUT2D eigenvalue weighted by Gasteiger charge is -2.44. The number of anilines is 1. The van der Waals surface area contributed by atoms with E-state index in [9.17, 15) is 4.79 Å². The summed E-state index contributed by atoms with van der Waals surface area (Å²) in [4.78, 5) is 15.4. The average Bonchev–Trinajstić information content (AvgIpc) is 2.98. The Morgan fingerprint density at radius 1 is 1.14 bits per heavy atom. The van der Waals surface area contributed by atoms with Crippen LogP contribution < -0.4 is 4.90 Å². The molecule has 0 bridgehead atoms. The highest BCUT2D eigenvalue weighted by Gasteiger charge is 2.46. The molecule has 0 N–H and O–H groups in total. The Labute approximate surface area is 134 Å². The minimum Gasteiger partial charge on any atom is -0.314 e. The minimum absolute atomic E-state index is 0.181. The lowest BCUT2D eigenvalue weighted by Crippen LogP contribution is -2.62. The number of quaternary nitrogens is 1. The van der Waals surface area contributed by atoms with Gasteiger partial charge in [-0.1, -0.05) is 18.2 Å². The Morgan fingerprint density at radius 2 is 1.77 bits per heavy atom. The third kappa shape index (κ3) is 2.45. The topological polar surface area (TPSA) is 20.3 Å². The Balaban J connectivity index is 1.93. The van der Waals surface area contributed by atoms with E-state index in [1.807, 2.05) is 0 Å². The summed E-state index contributed by atoms with van der Waals surface area (Å²) < 4.78 is 1.03. The number of piperidine rings is 1. The number of carbonyl (C=O) groups excluding carboxylic acids is 1. The van der Waals surface area contributed by atoms with Crippen molar-refractivity contribution >= 4 is 11.6 Å². The van der Waals surface area contributed by atoms with E-state index in [0.717, 1.165) is 36.1 Å². The first-order valence-electron chi connectivity index (χ1n) is 8.82. The smallest absolute Gasteiger partial charge is 0.285 e. The normalized spacial score (nSPS) is 24.8. The van der Waals surface area contributed by atoms with Gasteiger partial charge in [-0.25, -0.2) is 0 Å². The molecule has 3 nitrogen and oxygen atoms in total. The van der Waals surface area contributed by atoms with Gasteiger partial charge in [0, 0.05) is 31.5 Å². The largest absolute Gasteiger partial charge is 0.314 e. The van der Waals surface area contributed by atoms with E-state index in [1.54, 1.807) is 0 Å². The summed E-state index contributed by atoms with van der Waals surface area (Å²) in [6.07, 6.45) is 4.75. The average molecular weight is 301 g/mol. The number of nitrogens with zero attached hydrogens (tertiary/aromatic N) is 2. The lowest BCUT2D eigenvalue weighted by molar-refractivity contribution is -0.930. The summed E-state index contributed by atoms with van der Waals surface area (Å²) in [6, 6.07) is 6.51. The highest BCUT2D eigenvalue weighted by Crippen LogP contribution is 2.34. The van der Waals surface area contributed by atoms with E-state index in [-0.39, 0.29) is 6.04 Å². The molecule has 2 fully saturated rings. The molecule has 2 saturated heterocycles. The number of para-hydroxylation sites is 1. The number of hydrogen-bond acceptors (Lipinski definition) is 1. The summed E-state index contributed by atoms with van der Waals surface area (Å²) in [5.74, 6) is 0.368. The first-order valence-corrected chi connectivity index (χ1v) is 8.82. The molecule has 2 aliphatic heterocycles. The van der Waals surface area contributed by atoms with Crippen LogP contribution in [0.15, 0.2) is 18.2 Å². The van der Waals surface area contributed by atoms with Crippen LogP contribution in [0.3, 0.4) is 0 Å². The number of rotatable bonds is 3. The zero-order chi connectivity index (χ0) is 15.7. The van der Waals surface area contributed by atoms with Crippen molar-refractivity contribution in [3.05, 3.63) is 29.3 Å². The van der Waals surface area contributed by atoms with Crippen molar-refractivity contribution in [3.63, 3.8) is 0 Å². The fourth-order valence-electron chi connectivity index (χ4n) is 4.63. The molecule has 1 unspecified atom stereocenters. The number of amides is 1. The number of benzene rings is 1. The van der Waals surface area contributed by atoms with Crippen LogP contribution >= 0.6 is 0 Å². The predicted molar refractivity (Wildman–Crippen MR) is 91.1 cm³/mol. The molecule has 2 aliphatic rings. The van der Waals surface area contributed by atoms with Gasteiger partial charge in [0.15, 0.2) is 6.04 Å². The third-order valence-corrected chi connectivity index (χ3v) is 5.87. The van der Waals surface area contributed by atoms with Crippen molar-refractivity contribution in [1.82, 2.24) is 0 Å². The molecule has 0 saturated carbocycles. The van der Waals surface area contributed by atoms with Crippen molar-refractivity contribution in [2.75, 3.05) is 31.1 Å². The van der Waals surface area contributed by atoms with Crippen LogP contribution in [0, 0.1) is 13.8 Å². The maximum atomic E-state index is 13.3. The molecule has 120 valence electrons. The molecule has 1 atom stereocenters. The first kappa shape index (κ1) is 15.5. The molecule has 3 rings (SSSR count). The van der Waals surface area contributed by atoms with Crippen molar-refractivity contribution in [1.29, 1.82) is 0 Å². The summed E-state index contributed by atoms with van der Waals surface area (Å²) in [5, 5.41) is 0. The van der Waals surface area contributed by atoms with Crippen molar-refractivity contribution in [2.45, 2.75) is 52.5 Å². The minimum atomic E-state index is 0.181. The van der Waals surface area contributed by atoms with E-state index in [0.29, 0.717) is 5.91 Å². The van der Waals surface area contributed by atoms with Gasteiger partial charge in [0.2, 0.25) is 0 Å². The molecule has 2 heterocycles. The van der Waals surface area contributed by atoms with E-state index in [4.69, 9.17) is 0 Å². The molecule has 0 aromatic heterocycles. The number of likely N-dealkylation sites (tertiary alicyclic amines) is 1. The highest BCUT2D eigenvalue weighted by molar-refractivity contribution is 5.98. The quantitative estimate of drug-likeness (QED) is 0.783. The van der Waals surface area contributed by atoms with Crippen molar-refractivity contribution in [3.8, 4) is 0 Å². The second-order valence-corrected chi connectivity index (χ2v) is 7.08. The first-order chi connectivity index (χ1) is 10.6. The number of hydrogen-bond donors (Lipinski definition) is 0. The summed E-state index contributed by atoms with van der Waals surface area (Å²) in [5.41, 5.74) is 3.60. The molecule has 3 heteroatoms. The monoisotopic (exact) mass is 301 g/mol. The molecular weight excluding hydrogens is 272 g/mol. The van der Waals surface area contributed by atoms with Gasteiger partial charge in [-0.3, -0.25) is 4.79 Å². The van der Waals surface area contributed by atoms with Gasteiger partial charge in [0.05, 0.1) is 19.6 Å². The molecule has 1 amide bonds. The molecular formula is C19H29N2O+. The SMILES string of the molecule is CC[N+]1(C2CCCN(c3c(C)cccc3C)C2=O)CCCC1. The van der Waals surface area contributed by atoms with Crippen molar-refractivity contribution < 1.29 is 9.28 Å². The van der Waals surface area contributed by atoms with Gasteiger partial charge in [-0.15, -0.1) is 0 Å². The maximum Gasteiger partial charge on any atom is 0.285 e. The molecule has 0 radical (unpaired) electrons. The van der Waals surface area contributed by atoms with E-state index < -0.39 is 0 Å². The summed E-state index contributed by atoms with van der Waals surface area (Å²) in [6.45, 7) is 10.9.